The monoisotopic (exact) mass is 620 g/mol. The van der Waals surface area contributed by atoms with Gasteiger partial charge in [0.15, 0.2) is 5.65 Å². The Morgan fingerprint density at radius 1 is 1.07 bits per heavy atom. The molecule has 232 valence electrons. The summed E-state index contributed by atoms with van der Waals surface area (Å²) < 4.78 is 16.5. The van der Waals surface area contributed by atoms with Crippen molar-refractivity contribution in [3.05, 3.63) is 63.0 Å². The standard InChI is InChI=1S/C32H38ClFN8O2/c1-16(2)25-28(26(17(3)4)38-31(37-25)40(8)20(7)43)42-30-22(13-23(33)27(36-30)21-11-9-10-12-24(21)34)29(39-32(42)44)41-15-18(5)35-14-19(41)6/h9-13,16-19,35H,14-15H2,1-8H3/t18-,19+/m1/s1. The second-order valence-corrected chi connectivity index (χ2v) is 12.5. The van der Waals surface area contributed by atoms with Crippen LogP contribution in [0.3, 0.4) is 0 Å². The van der Waals surface area contributed by atoms with Crippen molar-refractivity contribution in [2.45, 2.75) is 72.4 Å². The van der Waals surface area contributed by atoms with Gasteiger partial charge in [0.1, 0.15) is 11.6 Å². The molecule has 0 bridgehead atoms. The quantitative estimate of drug-likeness (QED) is 0.303. The number of hydrogen-bond donors (Lipinski definition) is 1. The van der Waals surface area contributed by atoms with E-state index in [1.165, 1.54) is 22.5 Å². The van der Waals surface area contributed by atoms with E-state index in [1.807, 2.05) is 27.7 Å². The Morgan fingerprint density at radius 3 is 2.30 bits per heavy atom. The van der Waals surface area contributed by atoms with Crippen molar-refractivity contribution >= 4 is 40.3 Å². The van der Waals surface area contributed by atoms with Crippen molar-refractivity contribution in [1.82, 2.24) is 29.8 Å². The van der Waals surface area contributed by atoms with Gasteiger partial charge in [-0.25, -0.2) is 28.7 Å². The summed E-state index contributed by atoms with van der Waals surface area (Å²) in [5, 5.41) is 4.24. The van der Waals surface area contributed by atoms with Gasteiger partial charge in [-0.1, -0.05) is 51.4 Å². The molecule has 1 saturated heterocycles. The molecule has 12 heteroatoms. The van der Waals surface area contributed by atoms with Gasteiger partial charge in [0, 0.05) is 44.7 Å². The summed E-state index contributed by atoms with van der Waals surface area (Å²) in [6.45, 7) is 14.7. The number of carbonyl (C=O) groups excluding carboxylic acids is 1. The first-order valence-corrected chi connectivity index (χ1v) is 15.2. The fraction of sp³-hybridized carbons (Fsp3) is 0.438. The maximum atomic E-state index is 15.1. The van der Waals surface area contributed by atoms with E-state index in [1.54, 1.807) is 31.3 Å². The predicted octanol–water partition coefficient (Wildman–Crippen LogP) is 5.45. The number of halogens is 2. The number of nitrogens with one attached hydrogen (secondary N) is 1. The molecule has 1 aliphatic heterocycles. The molecule has 1 N–H and O–H groups in total. The summed E-state index contributed by atoms with van der Waals surface area (Å²) in [5.74, 6) is -0.345. The Bertz CT molecular complexity index is 1780. The fourth-order valence-electron chi connectivity index (χ4n) is 5.49. The third kappa shape index (κ3) is 5.66. The number of amides is 1. The molecule has 5 rings (SSSR count). The highest BCUT2D eigenvalue weighted by molar-refractivity contribution is 6.33. The highest BCUT2D eigenvalue weighted by Gasteiger charge is 2.31. The molecule has 1 amide bonds. The van der Waals surface area contributed by atoms with Gasteiger partial charge in [-0.2, -0.15) is 4.98 Å². The molecule has 1 aromatic carbocycles. The molecule has 0 radical (unpaired) electrons. The maximum absolute atomic E-state index is 15.1. The first kappa shape index (κ1) is 31.5. The molecule has 10 nitrogen and oxygen atoms in total. The largest absolute Gasteiger partial charge is 0.355 e. The van der Waals surface area contributed by atoms with Crippen LogP contribution in [0.4, 0.5) is 16.2 Å². The summed E-state index contributed by atoms with van der Waals surface area (Å²) in [5.41, 5.74) is 1.66. The first-order valence-electron chi connectivity index (χ1n) is 14.8. The highest BCUT2D eigenvalue weighted by atomic mass is 35.5. The highest BCUT2D eigenvalue weighted by Crippen LogP contribution is 2.37. The zero-order valence-corrected chi connectivity index (χ0v) is 27.1. The van der Waals surface area contributed by atoms with Gasteiger partial charge in [0.05, 0.1) is 33.2 Å². The molecule has 3 aromatic heterocycles. The fourth-order valence-corrected chi connectivity index (χ4v) is 5.74. The number of piperazine rings is 1. The number of benzene rings is 1. The van der Waals surface area contributed by atoms with E-state index in [9.17, 15) is 9.59 Å². The van der Waals surface area contributed by atoms with Gasteiger partial charge >= 0.3 is 5.69 Å². The number of fused-ring (bicyclic) bond motifs is 1. The molecule has 2 atom stereocenters. The van der Waals surface area contributed by atoms with Crippen molar-refractivity contribution in [3.8, 4) is 16.9 Å². The van der Waals surface area contributed by atoms with Crippen molar-refractivity contribution < 1.29 is 9.18 Å². The molecule has 4 aromatic rings. The van der Waals surface area contributed by atoms with Crippen LogP contribution in [0.1, 0.15) is 71.7 Å². The molecule has 1 fully saturated rings. The van der Waals surface area contributed by atoms with E-state index in [2.05, 4.69) is 29.0 Å². The molecule has 0 aliphatic carbocycles. The lowest BCUT2D eigenvalue weighted by Gasteiger charge is -2.39. The lowest BCUT2D eigenvalue weighted by atomic mass is 10.0. The Balaban J connectivity index is 1.94. The smallest absolute Gasteiger partial charge is 0.350 e. The summed E-state index contributed by atoms with van der Waals surface area (Å²) >= 11 is 6.84. The van der Waals surface area contributed by atoms with Crippen LogP contribution < -0.4 is 20.8 Å². The molecule has 0 saturated carbocycles. The van der Waals surface area contributed by atoms with E-state index < -0.39 is 11.5 Å². The number of aromatic nitrogens is 5. The Kier molecular flexibility index (Phi) is 8.73. The van der Waals surface area contributed by atoms with E-state index in [4.69, 9.17) is 26.6 Å². The molecule has 4 heterocycles. The Labute approximate surface area is 261 Å². The first-order chi connectivity index (χ1) is 20.8. The van der Waals surface area contributed by atoms with Crippen LogP contribution in [0.15, 0.2) is 35.1 Å². The molecule has 44 heavy (non-hydrogen) atoms. The van der Waals surface area contributed by atoms with Crippen molar-refractivity contribution in [1.29, 1.82) is 0 Å². The van der Waals surface area contributed by atoms with E-state index in [-0.39, 0.29) is 57.7 Å². The number of pyridine rings is 1. The maximum Gasteiger partial charge on any atom is 0.355 e. The lowest BCUT2D eigenvalue weighted by Crippen LogP contribution is -2.55. The predicted molar refractivity (Wildman–Crippen MR) is 173 cm³/mol. The average Bonchev–Trinajstić information content (AvgIpc) is 2.97. The molecule has 0 spiro atoms. The van der Waals surface area contributed by atoms with Crippen LogP contribution in [-0.4, -0.2) is 62.6 Å². The molecule has 0 unspecified atom stereocenters. The summed E-state index contributed by atoms with van der Waals surface area (Å²) in [6.07, 6.45) is 0. The SMILES string of the molecule is CC(=O)N(C)c1nc(C(C)C)c(-n2c(=O)nc(N3C[C@@H](C)NC[C@@H]3C)c3cc(Cl)c(-c4ccccc4F)nc32)c(C(C)C)n1. The second kappa shape index (κ2) is 12.2. The topological polar surface area (TPSA) is 109 Å². The van der Waals surface area contributed by atoms with Crippen LogP contribution in [0.5, 0.6) is 0 Å². The number of hydrogen-bond acceptors (Lipinski definition) is 8. The Morgan fingerprint density at radius 2 is 1.70 bits per heavy atom. The van der Waals surface area contributed by atoms with Crippen LogP contribution in [0.25, 0.3) is 28.0 Å². The van der Waals surface area contributed by atoms with Crippen molar-refractivity contribution in [3.63, 3.8) is 0 Å². The van der Waals surface area contributed by atoms with E-state index >= 15 is 4.39 Å². The van der Waals surface area contributed by atoms with Crippen LogP contribution in [0.2, 0.25) is 5.02 Å². The van der Waals surface area contributed by atoms with Gasteiger partial charge in [0.25, 0.3) is 0 Å². The number of anilines is 2. The minimum absolute atomic E-state index is 0.0318. The number of carbonyl (C=O) groups is 1. The van der Waals surface area contributed by atoms with Gasteiger partial charge < -0.3 is 10.2 Å². The third-order valence-electron chi connectivity index (χ3n) is 7.98. The second-order valence-electron chi connectivity index (χ2n) is 12.1. The average molecular weight is 621 g/mol. The summed E-state index contributed by atoms with van der Waals surface area (Å²) in [7, 11) is 1.61. The molecular weight excluding hydrogens is 583 g/mol. The molecular formula is C32H38ClFN8O2. The lowest BCUT2D eigenvalue weighted by molar-refractivity contribution is -0.116. The summed E-state index contributed by atoms with van der Waals surface area (Å²) in [4.78, 5) is 49.2. The minimum Gasteiger partial charge on any atom is -0.350 e. The van der Waals surface area contributed by atoms with Crippen molar-refractivity contribution in [2.24, 2.45) is 0 Å². The molecule has 1 aliphatic rings. The van der Waals surface area contributed by atoms with E-state index in [0.29, 0.717) is 41.4 Å². The zero-order chi connectivity index (χ0) is 32.0. The van der Waals surface area contributed by atoms with Gasteiger partial charge in [-0.05, 0) is 43.9 Å². The van der Waals surface area contributed by atoms with Crippen LogP contribution >= 0.6 is 11.6 Å². The third-order valence-corrected chi connectivity index (χ3v) is 8.27. The van der Waals surface area contributed by atoms with E-state index in [0.717, 1.165) is 0 Å². The normalized spacial score (nSPS) is 17.1. The Hall–Kier alpha value is -3.96. The zero-order valence-electron chi connectivity index (χ0n) is 26.3. The van der Waals surface area contributed by atoms with Gasteiger partial charge in [-0.15, -0.1) is 0 Å². The van der Waals surface area contributed by atoms with Gasteiger partial charge in [-0.3, -0.25) is 9.69 Å². The van der Waals surface area contributed by atoms with Crippen molar-refractivity contribution in [2.75, 3.05) is 29.9 Å². The number of rotatable bonds is 6. The van der Waals surface area contributed by atoms with Crippen LogP contribution in [-0.2, 0) is 4.79 Å². The minimum atomic E-state index is -0.569. The number of nitrogens with zero attached hydrogens (tertiary/aromatic N) is 7. The van der Waals surface area contributed by atoms with Crippen LogP contribution in [0, 0.1) is 5.82 Å². The van der Waals surface area contributed by atoms with Gasteiger partial charge in [0.2, 0.25) is 11.9 Å². The summed E-state index contributed by atoms with van der Waals surface area (Å²) in [6, 6.07) is 8.16.